The third-order valence-electron chi connectivity index (χ3n) is 6.27. The summed E-state index contributed by atoms with van der Waals surface area (Å²) in [4.78, 5) is 21.9. The maximum absolute atomic E-state index is 12.7. The van der Waals surface area contributed by atoms with E-state index < -0.39 is 22.6 Å². The summed E-state index contributed by atoms with van der Waals surface area (Å²) in [7, 11) is -4.04. The summed E-state index contributed by atoms with van der Waals surface area (Å²) in [5.74, 6) is 0.547. The molecular weight excluding hydrogens is 390 g/mol. The van der Waals surface area contributed by atoms with Crippen LogP contribution >= 0.6 is 0 Å². The van der Waals surface area contributed by atoms with Crippen molar-refractivity contribution in [2.24, 2.45) is 17.5 Å². The molecule has 9 heteroatoms. The molecule has 0 unspecified atom stereocenters. The van der Waals surface area contributed by atoms with Crippen LogP contribution in [0, 0.1) is 5.41 Å². The first kappa shape index (κ1) is 15.2. The van der Waals surface area contributed by atoms with Crippen LogP contribution in [0.3, 0.4) is 0 Å². The van der Waals surface area contributed by atoms with E-state index in [1.807, 2.05) is 0 Å². The molecule has 8 nitrogen and oxygen atoms in total. The number of aryl methyl sites for hydroxylation is 1. The van der Waals surface area contributed by atoms with Gasteiger partial charge in [0, 0.05) is 59.3 Å². The molecule has 0 atom stereocenters. The van der Waals surface area contributed by atoms with Crippen molar-refractivity contribution in [3.8, 4) is 11.1 Å². The first-order valence-electron chi connectivity index (χ1n) is 11.0. The fourth-order valence-electron chi connectivity index (χ4n) is 4.28. The summed E-state index contributed by atoms with van der Waals surface area (Å²) in [5, 5.41) is 5.85. The van der Waals surface area contributed by atoms with Crippen LogP contribution in [0.15, 0.2) is 40.4 Å². The fourth-order valence-corrected chi connectivity index (χ4v) is 4.76. The summed E-state index contributed by atoms with van der Waals surface area (Å²) in [6, 6.07) is 3.08. The Hall–Kier alpha value is -2.65. The van der Waals surface area contributed by atoms with Crippen molar-refractivity contribution in [2.75, 3.05) is 18.0 Å². The van der Waals surface area contributed by atoms with Crippen LogP contribution in [0.1, 0.15) is 29.8 Å². The maximum Gasteiger partial charge on any atom is 0.274 e. The van der Waals surface area contributed by atoms with Gasteiger partial charge in [-0.05, 0) is 43.2 Å². The van der Waals surface area contributed by atoms with E-state index in [1.165, 1.54) is 31.3 Å². The van der Waals surface area contributed by atoms with E-state index in [0.29, 0.717) is 32.3 Å². The zero-order valence-electron chi connectivity index (χ0n) is 18.7. The third kappa shape index (κ3) is 3.05. The summed E-state index contributed by atoms with van der Waals surface area (Å²) in [6.45, 7) is -1.17. The van der Waals surface area contributed by atoms with Gasteiger partial charge < -0.3 is 14.5 Å². The predicted octanol–water partition coefficient (Wildman–Crippen LogP) is 1.96. The molecule has 0 radical (unpaired) electrons. The van der Waals surface area contributed by atoms with Crippen molar-refractivity contribution >= 4 is 26.7 Å². The number of hydrogen-bond donors (Lipinski definition) is 2. The Morgan fingerprint density at radius 1 is 1.24 bits per heavy atom. The number of aromatic amines is 1. The molecule has 0 aromatic carbocycles. The van der Waals surface area contributed by atoms with Crippen LogP contribution < -0.4 is 15.6 Å². The van der Waals surface area contributed by atoms with Crippen LogP contribution in [-0.2, 0) is 17.0 Å². The van der Waals surface area contributed by atoms with Gasteiger partial charge in [0.15, 0.2) is 0 Å². The lowest BCUT2D eigenvalue weighted by Crippen LogP contribution is -2.35. The second-order valence-corrected chi connectivity index (χ2v) is 9.62. The van der Waals surface area contributed by atoms with E-state index in [4.69, 9.17) is 9.25 Å². The summed E-state index contributed by atoms with van der Waals surface area (Å²) in [6.07, 6.45) is 8.56. The molecule has 1 aliphatic carbocycles. The minimum atomic E-state index is -4.04. The highest BCUT2D eigenvalue weighted by atomic mass is 32.2. The number of rotatable bonds is 3. The molecule has 1 spiro atoms. The summed E-state index contributed by atoms with van der Waals surface area (Å²) in [5.41, 5.74) is 0.697. The van der Waals surface area contributed by atoms with E-state index in [9.17, 15) is 13.2 Å². The number of pyridine rings is 2. The molecule has 5 rings (SSSR count). The largest absolute Gasteiger partial charge is 0.357 e. The van der Waals surface area contributed by atoms with Crippen molar-refractivity contribution < 1.29 is 12.5 Å². The molecule has 1 saturated heterocycles. The first-order valence-corrected chi connectivity index (χ1v) is 11.0. The van der Waals surface area contributed by atoms with Gasteiger partial charge in [-0.15, -0.1) is 0 Å². The lowest BCUT2D eigenvalue weighted by atomic mass is 9.93. The van der Waals surface area contributed by atoms with Gasteiger partial charge in [0.2, 0.25) is 10.0 Å². The molecule has 2 fully saturated rings. The normalized spacial score (nSPS) is 20.4. The molecule has 152 valence electrons. The molecular formula is C20H23N5O3S. The van der Waals surface area contributed by atoms with Crippen molar-refractivity contribution in [1.29, 1.82) is 0 Å². The number of sulfonamides is 1. The molecule has 2 aliphatic rings. The summed E-state index contributed by atoms with van der Waals surface area (Å²) >= 11 is 0. The van der Waals surface area contributed by atoms with Crippen LogP contribution in [0.25, 0.3) is 22.0 Å². The smallest absolute Gasteiger partial charge is 0.274 e. The molecule has 1 aliphatic heterocycles. The van der Waals surface area contributed by atoms with Crippen molar-refractivity contribution in [2.45, 2.75) is 30.6 Å². The lowest BCUT2D eigenvalue weighted by Gasteiger charge is -2.34. The topological polar surface area (TPSA) is 114 Å². The first-order chi connectivity index (χ1) is 15.0. The second-order valence-electron chi connectivity index (χ2n) is 8.06. The second kappa shape index (κ2) is 6.17. The number of aromatic nitrogens is 3. The quantitative estimate of drug-likeness (QED) is 0.677. The van der Waals surface area contributed by atoms with E-state index in [-0.39, 0.29) is 10.4 Å². The number of H-pyrrole nitrogens is 1. The molecule has 0 amide bonds. The molecule has 3 N–H and O–H groups in total. The van der Waals surface area contributed by atoms with Gasteiger partial charge in [0.05, 0.1) is 0 Å². The Kier molecular flexibility index (Phi) is 3.24. The van der Waals surface area contributed by atoms with Gasteiger partial charge in [-0.1, -0.05) is 0 Å². The Morgan fingerprint density at radius 3 is 2.66 bits per heavy atom. The highest BCUT2D eigenvalue weighted by molar-refractivity contribution is 7.89. The fraction of sp³-hybridized carbons (Fsp3) is 0.400. The SMILES string of the molecule is [2H]C([2H])([2H])n1cc(-c2cc(S(N)(=O)=O)cnc2N2CCC3(CC2)CC3)c2cc[nH]c2c1=O. The molecule has 4 heterocycles. The maximum atomic E-state index is 12.7. The highest BCUT2D eigenvalue weighted by Gasteiger charge is 2.44. The zero-order chi connectivity index (χ0) is 22.9. The number of piperidine rings is 1. The van der Waals surface area contributed by atoms with Gasteiger partial charge in [0.1, 0.15) is 16.2 Å². The zero-order valence-corrected chi connectivity index (χ0v) is 16.5. The number of primary sulfonamides is 1. The van der Waals surface area contributed by atoms with E-state index in [2.05, 4.69) is 14.9 Å². The molecule has 3 aromatic rings. The monoisotopic (exact) mass is 416 g/mol. The standard InChI is InChI=1S/C20H23N5O3S/c1-24-12-16(14-2-7-22-17(14)19(24)26)15-10-13(29(21,27)28)11-23-18(15)25-8-5-20(3-4-20)6-9-25/h2,7,10-12,22H,3-6,8-9H2,1H3,(H2,21,27,28)/i1D3. The van der Waals surface area contributed by atoms with Crippen molar-refractivity contribution in [3.05, 3.63) is 41.1 Å². The van der Waals surface area contributed by atoms with Gasteiger partial charge in [-0.25, -0.2) is 18.5 Å². The van der Waals surface area contributed by atoms with Gasteiger partial charge in [-0.2, -0.15) is 0 Å². The van der Waals surface area contributed by atoms with E-state index >= 15 is 0 Å². The number of nitrogens with one attached hydrogen (secondary N) is 1. The Morgan fingerprint density at radius 2 is 2.00 bits per heavy atom. The highest BCUT2D eigenvalue weighted by Crippen LogP contribution is 2.54. The average Bonchev–Trinajstić information content (AvgIpc) is 3.28. The summed E-state index contributed by atoms with van der Waals surface area (Å²) < 4.78 is 48.2. The van der Waals surface area contributed by atoms with Crippen molar-refractivity contribution in [3.63, 3.8) is 0 Å². The molecule has 3 aromatic heterocycles. The third-order valence-corrected chi connectivity index (χ3v) is 7.15. The number of nitrogens with zero attached hydrogens (tertiary/aromatic N) is 3. The van der Waals surface area contributed by atoms with E-state index in [0.717, 1.165) is 25.9 Å². The minimum Gasteiger partial charge on any atom is -0.357 e. The van der Waals surface area contributed by atoms with Crippen LogP contribution in [-0.4, -0.2) is 36.0 Å². The molecule has 1 saturated carbocycles. The minimum absolute atomic E-state index is 0.126. The molecule has 0 bridgehead atoms. The van der Waals surface area contributed by atoms with Gasteiger partial charge in [0.25, 0.3) is 5.56 Å². The van der Waals surface area contributed by atoms with E-state index in [1.54, 1.807) is 12.3 Å². The predicted molar refractivity (Wildman–Crippen MR) is 111 cm³/mol. The number of hydrogen-bond acceptors (Lipinski definition) is 5. The number of anilines is 1. The van der Waals surface area contributed by atoms with Gasteiger partial charge >= 0.3 is 0 Å². The van der Waals surface area contributed by atoms with Crippen LogP contribution in [0.2, 0.25) is 0 Å². The average molecular weight is 417 g/mol. The van der Waals surface area contributed by atoms with Crippen LogP contribution in [0.4, 0.5) is 5.82 Å². The number of fused-ring (bicyclic) bond motifs is 1. The Bertz CT molecular complexity index is 1380. The van der Waals surface area contributed by atoms with Gasteiger partial charge in [-0.3, -0.25) is 4.79 Å². The van der Waals surface area contributed by atoms with Crippen molar-refractivity contribution in [1.82, 2.24) is 14.5 Å². The molecule has 29 heavy (non-hydrogen) atoms. The number of nitrogens with two attached hydrogens (primary N) is 1. The Labute approximate surface area is 172 Å². The Balaban J connectivity index is 1.75. The van der Waals surface area contributed by atoms with Crippen LogP contribution in [0.5, 0.6) is 0 Å². The lowest BCUT2D eigenvalue weighted by molar-refractivity contribution is 0.383.